The van der Waals surface area contributed by atoms with Gasteiger partial charge in [-0.3, -0.25) is 5.10 Å². The Morgan fingerprint density at radius 3 is 2.71 bits per heavy atom. The zero-order valence-corrected chi connectivity index (χ0v) is 15.7. The van der Waals surface area contributed by atoms with Crippen LogP contribution in [0.5, 0.6) is 0 Å². The van der Waals surface area contributed by atoms with Gasteiger partial charge in [0, 0.05) is 31.0 Å². The van der Waals surface area contributed by atoms with Crippen LogP contribution in [0.2, 0.25) is 0 Å². The maximum absolute atomic E-state index is 12.0. The van der Waals surface area contributed by atoms with E-state index >= 15 is 0 Å². The maximum Gasteiger partial charge on any atom is 0.319 e. The maximum atomic E-state index is 12.0. The summed E-state index contributed by atoms with van der Waals surface area (Å²) in [5.74, 6) is 3.33. The molecule has 1 saturated carbocycles. The summed E-state index contributed by atoms with van der Waals surface area (Å²) in [6.45, 7) is 2.31. The van der Waals surface area contributed by atoms with E-state index in [1.54, 1.807) is 0 Å². The number of carbonyl (C=O) groups excluding carboxylic acids is 1. The SMILES string of the molecule is Cc1nc(Cc2ccc(NC(=O)NCCc3noc(C4CCC4)n3)cc2)n[nH]1. The molecule has 3 aromatic rings. The van der Waals surface area contributed by atoms with Gasteiger partial charge in [-0.1, -0.05) is 23.7 Å². The van der Waals surface area contributed by atoms with Gasteiger partial charge in [-0.15, -0.1) is 0 Å². The predicted octanol–water partition coefficient (Wildman–Crippen LogP) is 2.72. The highest BCUT2D eigenvalue weighted by molar-refractivity contribution is 5.89. The molecule has 0 aliphatic heterocycles. The number of aryl methyl sites for hydroxylation is 1. The third-order valence-corrected chi connectivity index (χ3v) is 4.79. The van der Waals surface area contributed by atoms with Crippen molar-refractivity contribution in [3.05, 3.63) is 53.2 Å². The molecule has 146 valence electrons. The van der Waals surface area contributed by atoms with E-state index < -0.39 is 0 Å². The smallest absolute Gasteiger partial charge is 0.319 e. The van der Waals surface area contributed by atoms with Crippen molar-refractivity contribution in [3.63, 3.8) is 0 Å². The summed E-state index contributed by atoms with van der Waals surface area (Å²) in [6.07, 6.45) is 4.66. The summed E-state index contributed by atoms with van der Waals surface area (Å²) >= 11 is 0. The second kappa shape index (κ2) is 8.20. The van der Waals surface area contributed by atoms with Gasteiger partial charge in [0.2, 0.25) is 5.89 Å². The molecule has 2 amide bonds. The number of aromatic nitrogens is 5. The Balaban J connectivity index is 1.20. The molecule has 0 bridgehead atoms. The Morgan fingerprint density at radius 2 is 2.04 bits per heavy atom. The Kier molecular flexibility index (Phi) is 5.31. The molecule has 0 atom stereocenters. The number of H-pyrrole nitrogens is 1. The van der Waals surface area contributed by atoms with Crippen molar-refractivity contribution in [1.82, 2.24) is 30.6 Å². The van der Waals surface area contributed by atoms with E-state index in [1.165, 1.54) is 6.42 Å². The summed E-state index contributed by atoms with van der Waals surface area (Å²) in [4.78, 5) is 20.7. The average molecular weight is 381 g/mol. The highest BCUT2D eigenvalue weighted by Gasteiger charge is 2.25. The average Bonchev–Trinajstić information content (AvgIpc) is 3.24. The molecule has 0 spiro atoms. The second-order valence-electron chi connectivity index (χ2n) is 7.02. The fourth-order valence-corrected chi connectivity index (χ4v) is 3.01. The monoisotopic (exact) mass is 381 g/mol. The number of nitrogens with zero attached hydrogens (tertiary/aromatic N) is 4. The van der Waals surface area contributed by atoms with Gasteiger partial charge < -0.3 is 15.2 Å². The van der Waals surface area contributed by atoms with Gasteiger partial charge >= 0.3 is 6.03 Å². The molecular formula is C19H23N7O2. The van der Waals surface area contributed by atoms with Crippen LogP contribution in [0.3, 0.4) is 0 Å². The van der Waals surface area contributed by atoms with Gasteiger partial charge in [0.1, 0.15) is 5.82 Å². The van der Waals surface area contributed by atoms with Crippen LogP contribution in [0.4, 0.5) is 10.5 Å². The minimum Gasteiger partial charge on any atom is -0.339 e. The molecule has 0 saturated heterocycles. The van der Waals surface area contributed by atoms with E-state index in [4.69, 9.17) is 4.52 Å². The van der Waals surface area contributed by atoms with E-state index in [-0.39, 0.29) is 6.03 Å². The summed E-state index contributed by atoms with van der Waals surface area (Å²) in [7, 11) is 0. The minimum atomic E-state index is -0.264. The minimum absolute atomic E-state index is 0.264. The number of nitrogens with one attached hydrogen (secondary N) is 3. The van der Waals surface area contributed by atoms with Crippen LogP contribution in [0.15, 0.2) is 28.8 Å². The van der Waals surface area contributed by atoms with Crippen molar-refractivity contribution in [2.45, 2.75) is 44.9 Å². The van der Waals surface area contributed by atoms with E-state index in [0.717, 1.165) is 41.6 Å². The number of carbonyl (C=O) groups is 1. The molecule has 0 radical (unpaired) electrons. The van der Waals surface area contributed by atoms with E-state index in [0.29, 0.717) is 31.1 Å². The van der Waals surface area contributed by atoms with Gasteiger partial charge in [0.15, 0.2) is 11.6 Å². The molecule has 3 N–H and O–H groups in total. The first-order chi connectivity index (χ1) is 13.7. The van der Waals surface area contributed by atoms with Crippen LogP contribution >= 0.6 is 0 Å². The number of aromatic amines is 1. The Morgan fingerprint density at radius 1 is 1.21 bits per heavy atom. The van der Waals surface area contributed by atoms with Crippen molar-refractivity contribution in [2.75, 3.05) is 11.9 Å². The number of hydrogen-bond acceptors (Lipinski definition) is 6. The summed E-state index contributed by atoms with van der Waals surface area (Å²) < 4.78 is 5.28. The van der Waals surface area contributed by atoms with Gasteiger partial charge in [0.05, 0.1) is 0 Å². The lowest BCUT2D eigenvalue weighted by Crippen LogP contribution is -2.30. The van der Waals surface area contributed by atoms with Crippen LogP contribution in [-0.4, -0.2) is 37.9 Å². The first kappa shape index (κ1) is 18.1. The van der Waals surface area contributed by atoms with Crippen LogP contribution in [0.1, 0.15) is 54.1 Å². The highest BCUT2D eigenvalue weighted by atomic mass is 16.5. The number of rotatable bonds is 7. The van der Waals surface area contributed by atoms with Crippen LogP contribution in [-0.2, 0) is 12.8 Å². The zero-order chi connectivity index (χ0) is 19.3. The Labute approximate surface area is 162 Å². The number of urea groups is 1. The largest absolute Gasteiger partial charge is 0.339 e. The molecular weight excluding hydrogens is 358 g/mol. The van der Waals surface area contributed by atoms with Crippen LogP contribution in [0, 0.1) is 6.92 Å². The molecule has 1 aromatic carbocycles. The molecule has 1 fully saturated rings. The Hall–Kier alpha value is -3.23. The quantitative estimate of drug-likeness (QED) is 0.578. The van der Waals surface area contributed by atoms with Gasteiger partial charge in [-0.05, 0) is 37.5 Å². The number of anilines is 1. The lowest BCUT2D eigenvalue weighted by atomic mass is 9.85. The third kappa shape index (κ3) is 4.54. The fraction of sp³-hybridized carbons (Fsp3) is 0.421. The van der Waals surface area contributed by atoms with E-state index in [1.807, 2.05) is 31.2 Å². The molecule has 2 heterocycles. The molecule has 28 heavy (non-hydrogen) atoms. The standard InChI is InChI=1S/C19H23N7O2/c1-12-21-17(25-24-12)11-13-5-7-15(8-6-13)22-19(27)20-10-9-16-23-18(28-26-16)14-3-2-4-14/h5-8,14H,2-4,9-11H2,1H3,(H2,20,22,27)(H,21,24,25). The molecule has 1 aliphatic carbocycles. The third-order valence-electron chi connectivity index (χ3n) is 4.79. The number of hydrogen-bond donors (Lipinski definition) is 3. The van der Waals surface area contributed by atoms with Crippen molar-refractivity contribution in [1.29, 1.82) is 0 Å². The zero-order valence-electron chi connectivity index (χ0n) is 15.7. The van der Waals surface area contributed by atoms with E-state index in [9.17, 15) is 4.79 Å². The second-order valence-corrected chi connectivity index (χ2v) is 7.02. The van der Waals surface area contributed by atoms with Gasteiger partial charge in [0.25, 0.3) is 0 Å². The molecule has 1 aliphatic rings. The number of amides is 2. The molecule has 4 rings (SSSR count). The molecule has 9 heteroatoms. The topological polar surface area (TPSA) is 122 Å². The summed E-state index contributed by atoms with van der Waals surface area (Å²) in [5.41, 5.74) is 1.79. The first-order valence-electron chi connectivity index (χ1n) is 9.50. The summed E-state index contributed by atoms with van der Waals surface area (Å²) in [6, 6.07) is 7.35. The Bertz CT molecular complexity index is 928. The fourth-order valence-electron chi connectivity index (χ4n) is 3.01. The highest BCUT2D eigenvalue weighted by Crippen LogP contribution is 2.35. The van der Waals surface area contributed by atoms with Crippen molar-refractivity contribution < 1.29 is 9.32 Å². The lowest BCUT2D eigenvalue weighted by molar-refractivity contribution is 0.252. The molecule has 0 unspecified atom stereocenters. The summed E-state index contributed by atoms with van der Waals surface area (Å²) in [5, 5.41) is 16.6. The van der Waals surface area contributed by atoms with E-state index in [2.05, 4.69) is 36.0 Å². The van der Waals surface area contributed by atoms with Gasteiger partial charge in [-0.2, -0.15) is 10.1 Å². The predicted molar refractivity (Wildman–Crippen MR) is 102 cm³/mol. The van der Waals surface area contributed by atoms with Gasteiger partial charge in [-0.25, -0.2) is 9.78 Å². The molecule has 9 nitrogen and oxygen atoms in total. The van der Waals surface area contributed by atoms with Crippen molar-refractivity contribution in [3.8, 4) is 0 Å². The first-order valence-corrected chi connectivity index (χ1v) is 9.50. The number of benzene rings is 1. The lowest BCUT2D eigenvalue weighted by Gasteiger charge is -2.20. The van der Waals surface area contributed by atoms with Crippen LogP contribution < -0.4 is 10.6 Å². The van der Waals surface area contributed by atoms with Crippen molar-refractivity contribution in [2.24, 2.45) is 0 Å². The molecule has 2 aromatic heterocycles. The van der Waals surface area contributed by atoms with Crippen molar-refractivity contribution >= 4 is 11.7 Å². The van der Waals surface area contributed by atoms with Crippen LogP contribution in [0.25, 0.3) is 0 Å². The normalized spacial score (nSPS) is 13.9.